The lowest BCUT2D eigenvalue weighted by molar-refractivity contribution is 0.0951. The van der Waals surface area contributed by atoms with Gasteiger partial charge in [0.05, 0.1) is 0 Å². The third-order valence-electron chi connectivity index (χ3n) is 6.69. The number of aliphatic hydroxyl groups excluding tert-OH is 1. The van der Waals surface area contributed by atoms with Gasteiger partial charge in [-0.15, -0.1) is 0 Å². The fourth-order valence-corrected chi connectivity index (χ4v) is 4.47. The lowest BCUT2D eigenvalue weighted by atomic mass is 9.90. The van der Waals surface area contributed by atoms with Gasteiger partial charge in [-0.05, 0) is 54.2 Å². The Kier molecular flexibility index (Phi) is 15.4. The molecular formula is C29H51NO2. The van der Waals surface area contributed by atoms with Gasteiger partial charge in [0, 0.05) is 18.7 Å². The van der Waals surface area contributed by atoms with Crippen LogP contribution in [-0.4, -0.2) is 24.2 Å². The molecule has 1 amide bonds. The van der Waals surface area contributed by atoms with Gasteiger partial charge in [0.1, 0.15) is 0 Å². The lowest BCUT2D eigenvalue weighted by Crippen LogP contribution is -2.24. The molecule has 0 heterocycles. The van der Waals surface area contributed by atoms with E-state index in [0.717, 1.165) is 24.2 Å². The number of aliphatic hydroxyl groups is 1. The highest BCUT2D eigenvalue weighted by Crippen LogP contribution is 2.23. The van der Waals surface area contributed by atoms with Gasteiger partial charge in [-0.2, -0.15) is 0 Å². The maximum atomic E-state index is 12.0. The largest absolute Gasteiger partial charge is 0.396 e. The summed E-state index contributed by atoms with van der Waals surface area (Å²) in [7, 11) is 0. The van der Waals surface area contributed by atoms with E-state index in [1.165, 1.54) is 63.4 Å². The highest BCUT2D eigenvalue weighted by atomic mass is 16.3. The number of nitrogens with one attached hydrogen (secondary N) is 1. The van der Waals surface area contributed by atoms with Gasteiger partial charge < -0.3 is 10.4 Å². The summed E-state index contributed by atoms with van der Waals surface area (Å²) >= 11 is 0. The van der Waals surface area contributed by atoms with Crippen LogP contribution in [0, 0.1) is 23.7 Å². The first kappa shape index (κ1) is 28.7. The summed E-state index contributed by atoms with van der Waals surface area (Å²) in [5.74, 6) is 3.19. The molecule has 3 nitrogen and oxygen atoms in total. The zero-order valence-electron chi connectivity index (χ0n) is 21.7. The summed E-state index contributed by atoms with van der Waals surface area (Å²) in [6.07, 6.45) is 14.0. The fourth-order valence-electron chi connectivity index (χ4n) is 4.47. The zero-order chi connectivity index (χ0) is 23.8. The summed E-state index contributed by atoms with van der Waals surface area (Å²) in [5, 5.41) is 11.6. The topological polar surface area (TPSA) is 49.3 Å². The summed E-state index contributed by atoms with van der Waals surface area (Å²) in [6, 6.07) is 8.01. The number of amides is 1. The molecule has 1 aromatic carbocycles. The van der Waals surface area contributed by atoms with E-state index >= 15 is 0 Å². The van der Waals surface area contributed by atoms with Gasteiger partial charge in [0.15, 0.2) is 0 Å². The molecule has 0 fully saturated rings. The van der Waals surface area contributed by atoms with Gasteiger partial charge in [-0.1, -0.05) is 105 Å². The van der Waals surface area contributed by atoms with E-state index in [2.05, 4.69) is 52.1 Å². The average Bonchev–Trinajstić information content (AvgIpc) is 2.74. The molecule has 1 aromatic rings. The predicted octanol–water partition coefficient (Wildman–Crippen LogP) is 7.42. The van der Waals surface area contributed by atoms with Crippen molar-refractivity contribution in [3.63, 3.8) is 0 Å². The van der Waals surface area contributed by atoms with Crippen molar-refractivity contribution in [3.8, 4) is 0 Å². The van der Waals surface area contributed by atoms with Gasteiger partial charge >= 0.3 is 0 Å². The minimum absolute atomic E-state index is 0.0583. The molecule has 0 aliphatic heterocycles. The first-order valence-corrected chi connectivity index (χ1v) is 13.3. The van der Waals surface area contributed by atoms with E-state index < -0.39 is 0 Å². The van der Waals surface area contributed by atoms with E-state index in [1.54, 1.807) is 0 Å². The predicted molar refractivity (Wildman–Crippen MR) is 138 cm³/mol. The Labute approximate surface area is 198 Å². The van der Waals surface area contributed by atoms with E-state index in [1.807, 2.05) is 12.1 Å². The Morgan fingerprint density at radius 1 is 0.750 bits per heavy atom. The molecule has 0 aliphatic carbocycles. The maximum absolute atomic E-state index is 12.0. The van der Waals surface area contributed by atoms with Crippen LogP contribution >= 0.6 is 0 Å². The van der Waals surface area contributed by atoms with Crippen molar-refractivity contribution in [3.05, 3.63) is 35.4 Å². The molecule has 3 atom stereocenters. The number of benzene rings is 1. The monoisotopic (exact) mass is 445 g/mol. The van der Waals surface area contributed by atoms with Crippen LogP contribution in [0.4, 0.5) is 0 Å². The molecule has 0 bridgehead atoms. The smallest absolute Gasteiger partial charge is 0.251 e. The Hall–Kier alpha value is -1.35. The maximum Gasteiger partial charge on any atom is 0.251 e. The van der Waals surface area contributed by atoms with E-state index in [9.17, 15) is 4.79 Å². The first-order chi connectivity index (χ1) is 15.3. The van der Waals surface area contributed by atoms with Crippen molar-refractivity contribution >= 4 is 5.91 Å². The van der Waals surface area contributed by atoms with Gasteiger partial charge in [-0.25, -0.2) is 0 Å². The van der Waals surface area contributed by atoms with E-state index in [0.29, 0.717) is 24.4 Å². The summed E-state index contributed by atoms with van der Waals surface area (Å²) in [5.41, 5.74) is 2.01. The van der Waals surface area contributed by atoms with Crippen LogP contribution in [0.3, 0.4) is 0 Å². The molecule has 0 aliphatic rings. The van der Waals surface area contributed by atoms with Crippen molar-refractivity contribution in [2.75, 3.05) is 13.2 Å². The minimum atomic E-state index is -0.0583. The normalized spacial score (nSPS) is 14.3. The second-order valence-corrected chi connectivity index (χ2v) is 10.7. The van der Waals surface area contributed by atoms with Crippen LogP contribution in [-0.2, 0) is 6.42 Å². The first-order valence-electron chi connectivity index (χ1n) is 13.3. The molecule has 0 radical (unpaired) electrons. The molecule has 3 heteroatoms. The van der Waals surface area contributed by atoms with Crippen LogP contribution in [0.25, 0.3) is 0 Å². The van der Waals surface area contributed by atoms with E-state index in [4.69, 9.17) is 5.11 Å². The van der Waals surface area contributed by atoms with Crippen molar-refractivity contribution in [1.82, 2.24) is 5.32 Å². The lowest BCUT2D eigenvalue weighted by Gasteiger charge is -2.16. The minimum Gasteiger partial charge on any atom is -0.396 e. The molecular weight excluding hydrogens is 394 g/mol. The van der Waals surface area contributed by atoms with Crippen LogP contribution < -0.4 is 5.32 Å². The summed E-state index contributed by atoms with van der Waals surface area (Å²) < 4.78 is 0. The molecule has 2 N–H and O–H groups in total. The molecule has 0 aromatic heterocycles. The summed E-state index contributed by atoms with van der Waals surface area (Å²) in [6.45, 7) is 12.5. The van der Waals surface area contributed by atoms with Crippen LogP contribution in [0.15, 0.2) is 24.3 Å². The van der Waals surface area contributed by atoms with Gasteiger partial charge in [0.25, 0.3) is 5.91 Å². The average molecular weight is 446 g/mol. The van der Waals surface area contributed by atoms with Crippen molar-refractivity contribution in [1.29, 1.82) is 0 Å². The van der Waals surface area contributed by atoms with Gasteiger partial charge in [-0.3, -0.25) is 4.79 Å². The molecule has 1 rings (SSSR count). The van der Waals surface area contributed by atoms with Crippen LogP contribution in [0.1, 0.15) is 115 Å². The highest BCUT2D eigenvalue weighted by molar-refractivity contribution is 5.94. The number of rotatable bonds is 18. The molecule has 0 saturated carbocycles. The molecule has 184 valence electrons. The third kappa shape index (κ3) is 13.9. The Morgan fingerprint density at radius 3 is 1.75 bits per heavy atom. The Morgan fingerprint density at radius 2 is 1.25 bits per heavy atom. The standard InChI is InChI=1S/C29H51NO2/c1-23(2)10-6-11-24(3)12-7-13-25(4)14-8-15-26(5)22-27-16-18-28(19-17-27)29(32)30-20-9-21-31/h16-19,23-26,31H,6-15,20-22H2,1-5H3,(H,30,32). The highest BCUT2D eigenvalue weighted by Gasteiger charge is 2.10. The quantitative estimate of drug-likeness (QED) is 0.231. The molecule has 3 unspecified atom stereocenters. The van der Waals surface area contributed by atoms with Crippen molar-refractivity contribution in [2.45, 2.75) is 105 Å². The Bertz CT molecular complexity index is 596. The number of hydrogen-bond donors (Lipinski definition) is 2. The van der Waals surface area contributed by atoms with E-state index in [-0.39, 0.29) is 12.5 Å². The van der Waals surface area contributed by atoms with Crippen LogP contribution in [0.2, 0.25) is 0 Å². The van der Waals surface area contributed by atoms with Crippen molar-refractivity contribution in [2.24, 2.45) is 23.7 Å². The zero-order valence-corrected chi connectivity index (χ0v) is 21.7. The van der Waals surface area contributed by atoms with Crippen LogP contribution in [0.5, 0.6) is 0 Å². The summed E-state index contributed by atoms with van der Waals surface area (Å²) in [4.78, 5) is 12.0. The van der Waals surface area contributed by atoms with Crippen molar-refractivity contribution < 1.29 is 9.90 Å². The fraction of sp³-hybridized carbons (Fsp3) is 0.759. The molecule has 32 heavy (non-hydrogen) atoms. The molecule has 0 saturated heterocycles. The third-order valence-corrected chi connectivity index (χ3v) is 6.69. The Balaban J connectivity index is 2.17. The second kappa shape index (κ2) is 17.2. The molecule has 0 spiro atoms. The SMILES string of the molecule is CC(C)CCCC(C)CCCC(C)CCCC(C)Cc1ccc(C(=O)NCCCO)cc1. The van der Waals surface area contributed by atoms with Gasteiger partial charge in [0.2, 0.25) is 0 Å². The number of carbonyl (C=O) groups excluding carboxylic acids is 1. The number of hydrogen-bond acceptors (Lipinski definition) is 2. The second-order valence-electron chi connectivity index (χ2n) is 10.7. The number of carbonyl (C=O) groups is 1.